The van der Waals surface area contributed by atoms with E-state index in [0.29, 0.717) is 0 Å². The number of hydrogen-bond acceptors (Lipinski definition) is 2. The molecule has 0 heterocycles. The zero-order valence-corrected chi connectivity index (χ0v) is 10.2. The van der Waals surface area contributed by atoms with Crippen molar-refractivity contribution in [3.05, 3.63) is 29.8 Å². The van der Waals surface area contributed by atoms with Crippen LogP contribution in [0.2, 0.25) is 0 Å². The largest absolute Gasteiger partial charge is 0.497 e. The summed E-state index contributed by atoms with van der Waals surface area (Å²) in [7, 11) is 1.70. The van der Waals surface area contributed by atoms with Crippen LogP contribution >= 0.6 is 0 Å². The van der Waals surface area contributed by atoms with Crippen LogP contribution in [0.1, 0.15) is 44.2 Å². The number of benzene rings is 1. The molecule has 0 amide bonds. The summed E-state index contributed by atoms with van der Waals surface area (Å²) >= 11 is 0. The first kappa shape index (κ1) is 11.5. The van der Waals surface area contributed by atoms with E-state index in [0.717, 1.165) is 5.75 Å². The molecular weight excluding hydrogens is 198 g/mol. The summed E-state index contributed by atoms with van der Waals surface area (Å²) in [6.45, 7) is 2.31. The molecule has 88 valence electrons. The predicted octanol–water partition coefficient (Wildman–Crippen LogP) is 3.28. The molecule has 2 nitrogen and oxygen atoms in total. The summed E-state index contributed by atoms with van der Waals surface area (Å²) in [5.41, 5.74) is 7.87. The maximum Gasteiger partial charge on any atom is 0.119 e. The first-order chi connectivity index (χ1) is 7.65. The van der Waals surface area contributed by atoms with Crippen LogP contribution < -0.4 is 10.5 Å². The number of methoxy groups -OCH3 is 1. The summed E-state index contributed by atoms with van der Waals surface area (Å²) in [5, 5.41) is 0. The van der Waals surface area contributed by atoms with Gasteiger partial charge in [0.2, 0.25) is 0 Å². The zero-order chi connectivity index (χ0) is 11.6. The summed E-state index contributed by atoms with van der Waals surface area (Å²) in [6.07, 6.45) is 5.11. The quantitative estimate of drug-likeness (QED) is 0.846. The van der Waals surface area contributed by atoms with Crippen molar-refractivity contribution in [2.75, 3.05) is 7.11 Å². The average molecular weight is 219 g/mol. The molecule has 0 radical (unpaired) electrons. The van der Waals surface area contributed by atoms with Gasteiger partial charge in [-0.3, -0.25) is 0 Å². The third kappa shape index (κ3) is 2.07. The molecule has 2 rings (SSSR count). The molecule has 1 aliphatic carbocycles. The fraction of sp³-hybridized carbons (Fsp3) is 0.571. The Hall–Kier alpha value is -1.02. The number of nitrogens with two attached hydrogens (primary N) is 1. The minimum atomic E-state index is 0.130. The molecule has 1 aromatic carbocycles. The van der Waals surface area contributed by atoms with Gasteiger partial charge in [0.05, 0.1) is 7.11 Å². The van der Waals surface area contributed by atoms with Gasteiger partial charge >= 0.3 is 0 Å². The van der Waals surface area contributed by atoms with E-state index in [2.05, 4.69) is 19.1 Å². The van der Waals surface area contributed by atoms with Crippen molar-refractivity contribution in [2.24, 2.45) is 11.1 Å². The lowest BCUT2D eigenvalue weighted by molar-refractivity contribution is 0.265. The third-order valence-electron chi connectivity index (χ3n) is 3.95. The molecule has 0 saturated heterocycles. The Morgan fingerprint density at radius 2 is 2.00 bits per heavy atom. The molecule has 1 fully saturated rings. The van der Waals surface area contributed by atoms with E-state index in [1.165, 1.54) is 31.2 Å². The van der Waals surface area contributed by atoms with Crippen LogP contribution in [0.3, 0.4) is 0 Å². The molecule has 0 bridgehead atoms. The Morgan fingerprint density at radius 3 is 2.62 bits per heavy atom. The SMILES string of the molecule is COc1cccc(C(N)C2(C)CCCC2)c1. The number of hydrogen-bond donors (Lipinski definition) is 1. The van der Waals surface area contributed by atoms with Gasteiger partial charge in [-0.05, 0) is 36.0 Å². The Morgan fingerprint density at radius 1 is 1.31 bits per heavy atom. The van der Waals surface area contributed by atoms with Crippen molar-refractivity contribution in [3.8, 4) is 5.75 Å². The number of rotatable bonds is 3. The molecule has 16 heavy (non-hydrogen) atoms. The lowest BCUT2D eigenvalue weighted by Crippen LogP contribution is -2.29. The third-order valence-corrected chi connectivity index (χ3v) is 3.95. The van der Waals surface area contributed by atoms with Gasteiger partial charge in [0.15, 0.2) is 0 Å². The second-order valence-electron chi connectivity index (χ2n) is 5.12. The van der Waals surface area contributed by atoms with Gasteiger partial charge in [0, 0.05) is 6.04 Å². The second-order valence-corrected chi connectivity index (χ2v) is 5.12. The van der Waals surface area contributed by atoms with Gasteiger partial charge in [0.1, 0.15) is 5.75 Å². The maximum atomic E-state index is 6.40. The van der Waals surface area contributed by atoms with Crippen molar-refractivity contribution in [2.45, 2.75) is 38.6 Å². The molecule has 1 unspecified atom stereocenters. The van der Waals surface area contributed by atoms with Crippen molar-refractivity contribution in [1.82, 2.24) is 0 Å². The highest BCUT2D eigenvalue weighted by atomic mass is 16.5. The first-order valence-electron chi connectivity index (χ1n) is 6.05. The molecule has 1 saturated carbocycles. The highest BCUT2D eigenvalue weighted by Crippen LogP contribution is 2.46. The van der Waals surface area contributed by atoms with E-state index < -0.39 is 0 Å². The molecule has 1 aromatic rings. The normalized spacial score (nSPS) is 20.7. The van der Waals surface area contributed by atoms with E-state index in [-0.39, 0.29) is 11.5 Å². The minimum absolute atomic E-state index is 0.130. The summed E-state index contributed by atoms with van der Waals surface area (Å²) in [5.74, 6) is 0.898. The molecule has 0 aromatic heterocycles. The molecule has 1 atom stereocenters. The van der Waals surface area contributed by atoms with Crippen LogP contribution in [0, 0.1) is 5.41 Å². The van der Waals surface area contributed by atoms with Crippen LogP contribution in [0.15, 0.2) is 24.3 Å². The van der Waals surface area contributed by atoms with Crippen LogP contribution in [0.4, 0.5) is 0 Å². The number of ether oxygens (including phenoxy) is 1. The van der Waals surface area contributed by atoms with Gasteiger partial charge in [0.25, 0.3) is 0 Å². The monoisotopic (exact) mass is 219 g/mol. The smallest absolute Gasteiger partial charge is 0.119 e. The van der Waals surface area contributed by atoms with Crippen LogP contribution in [-0.4, -0.2) is 7.11 Å². The van der Waals surface area contributed by atoms with Gasteiger partial charge in [-0.25, -0.2) is 0 Å². The summed E-state index contributed by atoms with van der Waals surface area (Å²) < 4.78 is 5.25. The standard InChI is InChI=1S/C14H21NO/c1-14(8-3-4-9-14)13(15)11-6-5-7-12(10-11)16-2/h5-7,10,13H,3-4,8-9,15H2,1-2H3. The second kappa shape index (κ2) is 4.46. The Balaban J connectivity index is 2.22. The van der Waals surface area contributed by atoms with Gasteiger partial charge in [-0.15, -0.1) is 0 Å². The van der Waals surface area contributed by atoms with Crippen LogP contribution in [-0.2, 0) is 0 Å². The molecule has 0 spiro atoms. The average Bonchev–Trinajstić information content (AvgIpc) is 2.76. The molecule has 1 aliphatic rings. The fourth-order valence-corrected chi connectivity index (χ4v) is 2.73. The minimum Gasteiger partial charge on any atom is -0.497 e. The predicted molar refractivity (Wildman–Crippen MR) is 66.5 cm³/mol. The molecule has 0 aliphatic heterocycles. The first-order valence-corrected chi connectivity index (χ1v) is 6.05. The van der Waals surface area contributed by atoms with E-state index in [1.807, 2.05) is 12.1 Å². The lowest BCUT2D eigenvalue weighted by Gasteiger charge is -2.31. The van der Waals surface area contributed by atoms with E-state index >= 15 is 0 Å². The van der Waals surface area contributed by atoms with E-state index in [4.69, 9.17) is 10.5 Å². The maximum absolute atomic E-state index is 6.40. The van der Waals surface area contributed by atoms with E-state index in [9.17, 15) is 0 Å². The topological polar surface area (TPSA) is 35.2 Å². The van der Waals surface area contributed by atoms with Crippen LogP contribution in [0.25, 0.3) is 0 Å². The Bertz CT molecular complexity index is 356. The van der Waals surface area contributed by atoms with Crippen molar-refractivity contribution >= 4 is 0 Å². The van der Waals surface area contributed by atoms with E-state index in [1.54, 1.807) is 7.11 Å². The highest BCUT2D eigenvalue weighted by molar-refractivity contribution is 5.31. The van der Waals surface area contributed by atoms with Crippen molar-refractivity contribution in [3.63, 3.8) is 0 Å². The molecule has 2 heteroatoms. The molecule has 2 N–H and O–H groups in total. The summed E-state index contributed by atoms with van der Waals surface area (Å²) in [4.78, 5) is 0. The fourth-order valence-electron chi connectivity index (χ4n) is 2.73. The van der Waals surface area contributed by atoms with Crippen molar-refractivity contribution < 1.29 is 4.74 Å². The van der Waals surface area contributed by atoms with Gasteiger partial charge in [-0.1, -0.05) is 31.9 Å². The Labute approximate surface area is 97.8 Å². The lowest BCUT2D eigenvalue weighted by atomic mass is 9.78. The van der Waals surface area contributed by atoms with Crippen molar-refractivity contribution in [1.29, 1.82) is 0 Å². The van der Waals surface area contributed by atoms with Crippen LogP contribution in [0.5, 0.6) is 5.75 Å². The Kier molecular flexibility index (Phi) is 3.20. The summed E-state index contributed by atoms with van der Waals surface area (Å²) in [6, 6.07) is 8.29. The molecular formula is C14H21NO. The highest BCUT2D eigenvalue weighted by Gasteiger charge is 2.35. The van der Waals surface area contributed by atoms with Gasteiger partial charge in [-0.2, -0.15) is 0 Å². The van der Waals surface area contributed by atoms with Gasteiger partial charge < -0.3 is 10.5 Å². The zero-order valence-electron chi connectivity index (χ0n) is 10.2.